The lowest BCUT2D eigenvalue weighted by atomic mass is 10.2. The summed E-state index contributed by atoms with van der Waals surface area (Å²) in [5, 5.41) is 7.24. The molecule has 3 rings (SSSR count). The Hall–Kier alpha value is -3.48. The zero-order valence-corrected chi connectivity index (χ0v) is 15.6. The van der Waals surface area contributed by atoms with Crippen LogP contribution in [0.15, 0.2) is 48.5 Å². The van der Waals surface area contributed by atoms with Crippen molar-refractivity contribution < 1.29 is 19.0 Å². The Labute approximate surface area is 157 Å². The van der Waals surface area contributed by atoms with Crippen LogP contribution in [0.1, 0.15) is 16.2 Å². The van der Waals surface area contributed by atoms with Gasteiger partial charge in [0, 0.05) is 23.5 Å². The average Bonchev–Trinajstić information content (AvgIpc) is 3.09. The van der Waals surface area contributed by atoms with E-state index in [0.29, 0.717) is 22.9 Å². The van der Waals surface area contributed by atoms with Gasteiger partial charge in [-0.15, -0.1) is 0 Å². The summed E-state index contributed by atoms with van der Waals surface area (Å²) in [6.45, 7) is 1.89. The zero-order valence-electron chi connectivity index (χ0n) is 15.6. The van der Waals surface area contributed by atoms with E-state index in [1.54, 1.807) is 50.3 Å². The molecule has 0 aliphatic heterocycles. The van der Waals surface area contributed by atoms with E-state index in [1.807, 2.05) is 31.2 Å². The number of ether oxygens (including phenoxy) is 3. The number of methoxy groups -OCH3 is 3. The Kier molecular flexibility index (Phi) is 5.30. The molecule has 0 saturated heterocycles. The van der Waals surface area contributed by atoms with Crippen LogP contribution in [-0.2, 0) is 0 Å². The summed E-state index contributed by atoms with van der Waals surface area (Å²) >= 11 is 0. The number of amides is 1. The molecule has 1 heterocycles. The fourth-order valence-electron chi connectivity index (χ4n) is 2.70. The van der Waals surface area contributed by atoms with E-state index in [2.05, 4.69) is 10.4 Å². The van der Waals surface area contributed by atoms with Crippen molar-refractivity contribution in [2.75, 3.05) is 26.6 Å². The molecule has 7 heteroatoms. The highest BCUT2D eigenvalue weighted by Gasteiger charge is 2.15. The number of carbonyl (C=O) groups is 1. The van der Waals surface area contributed by atoms with Gasteiger partial charge in [0.2, 0.25) is 0 Å². The summed E-state index contributed by atoms with van der Waals surface area (Å²) in [6, 6.07) is 14.4. The van der Waals surface area contributed by atoms with Gasteiger partial charge in [0.25, 0.3) is 5.91 Å². The number of hydrogen-bond acceptors (Lipinski definition) is 5. The van der Waals surface area contributed by atoms with E-state index in [-0.39, 0.29) is 5.91 Å². The van der Waals surface area contributed by atoms with Crippen molar-refractivity contribution in [1.82, 2.24) is 9.78 Å². The summed E-state index contributed by atoms with van der Waals surface area (Å²) in [5.41, 5.74) is 2.55. The number of carbonyl (C=O) groups excluding carboxylic acids is 1. The number of rotatable bonds is 6. The fraction of sp³-hybridized carbons (Fsp3) is 0.200. The van der Waals surface area contributed by atoms with Crippen LogP contribution >= 0.6 is 0 Å². The molecule has 0 atom stereocenters. The third kappa shape index (κ3) is 3.87. The number of aromatic nitrogens is 2. The second-order valence-corrected chi connectivity index (χ2v) is 5.81. The number of aryl methyl sites for hydroxylation is 1. The average molecular weight is 367 g/mol. The Balaban J connectivity index is 1.84. The van der Waals surface area contributed by atoms with Crippen molar-refractivity contribution in [2.45, 2.75) is 6.92 Å². The van der Waals surface area contributed by atoms with Crippen LogP contribution in [-0.4, -0.2) is 37.0 Å². The van der Waals surface area contributed by atoms with Gasteiger partial charge in [0.1, 0.15) is 5.75 Å². The van der Waals surface area contributed by atoms with Crippen molar-refractivity contribution >= 4 is 11.6 Å². The molecular weight excluding hydrogens is 346 g/mol. The predicted molar refractivity (Wildman–Crippen MR) is 102 cm³/mol. The topological polar surface area (TPSA) is 74.6 Å². The fourth-order valence-corrected chi connectivity index (χ4v) is 2.70. The maximum Gasteiger partial charge on any atom is 0.276 e. The Morgan fingerprint density at radius 3 is 2.44 bits per heavy atom. The first-order valence-corrected chi connectivity index (χ1v) is 8.30. The second kappa shape index (κ2) is 7.82. The number of nitrogens with zero attached hydrogens (tertiary/aromatic N) is 2. The van der Waals surface area contributed by atoms with E-state index in [4.69, 9.17) is 14.2 Å². The molecule has 7 nitrogen and oxygen atoms in total. The Bertz CT molecular complexity index is 966. The van der Waals surface area contributed by atoms with Gasteiger partial charge in [-0.05, 0) is 37.3 Å². The normalized spacial score (nSPS) is 10.4. The number of hydrogen-bond donors (Lipinski definition) is 1. The minimum atomic E-state index is -0.313. The SMILES string of the molecule is COc1cccc(-n2nc(C(=O)Nc3ccc(OC)c(OC)c3)cc2C)c1. The van der Waals surface area contributed by atoms with Crippen molar-refractivity contribution in [3.05, 3.63) is 59.9 Å². The summed E-state index contributed by atoms with van der Waals surface area (Å²) in [6.07, 6.45) is 0. The molecule has 2 aromatic carbocycles. The molecule has 140 valence electrons. The van der Waals surface area contributed by atoms with Crippen molar-refractivity contribution in [3.8, 4) is 22.9 Å². The van der Waals surface area contributed by atoms with E-state index < -0.39 is 0 Å². The summed E-state index contributed by atoms with van der Waals surface area (Å²) in [5.74, 6) is 1.53. The van der Waals surface area contributed by atoms with Gasteiger partial charge >= 0.3 is 0 Å². The summed E-state index contributed by atoms with van der Waals surface area (Å²) in [4.78, 5) is 12.6. The summed E-state index contributed by atoms with van der Waals surface area (Å²) in [7, 11) is 4.71. The van der Waals surface area contributed by atoms with Crippen LogP contribution < -0.4 is 19.5 Å². The highest BCUT2D eigenvalue weighted by Crippen LogP contribution is 2.30. The van der Waals surface area contributed by atoms with Gasteiger partial charge in [0.05, 0.1) is 27.0 Å². The molecule has 3 aromatic rings. The van der Waals surface area contributed by atoms with Crippen LogP contribution in [0, 0.1) is 6.92 Å². The molecule has 0 unspecified atom stereocenters. The maximum absolute atomic E-state index is 12.6. The lowest BCUT2D eigenvalue weighted by molar-refractivity contribution is 0.102. The van der Waals surface area contributed by atoms with Crippen molar-refractivity contribution in [3.63, 3.8) is 0 Å². The number of anilines is 1. The van der Waals surface area contributed by atoms with E-state index >= 15 is 0 Å². The predicted octanol–water partition coefficient (Wildman–Crippen LogP) is 3.46. The first-order chi connectivity index (χ1) is 13.0. The minimum absolute atomic E-state index is 0.310. The van der Waals surface area contributed by atoms with Crippen molar-refractivity contribution in [1.29, 1.82) is 0 Å². The molecular formula is C20H21N3O4. The maximum atomic E-state index is 12.6. The molecule has 0 aliphatic rings. The van der Waals surface area contributed by atoms with E-state index in [1.165, 1.54) is 0 Å². The third-order valence-electron chi connectivity index (χ3n) is 4.06. The Morgan fingerprint density at radius 2 is 1.74 bits per heavy atom. The molecule has 1 N–H and O–H groups in total. The Morgan fingerprint density at radius 1 is 0.963 bits per heavy atom. The van der Waals surface area contributed by atoms with Gasteiger partial charge in [-0.2, -0.15) is 5.10 Å². The molecule has 1 amide bonds. The molecule has 0 bridgehead atoms. The molecule has 0 aliphatic carbocycles. The van der Waals surface area contributed by atoms with Gasteiger partial charge in [-0.1, -0.05) is 6.07 Å². The van der Waals surface area contributed by atoms with Crippen LogP contribution in [0.3, 0.4) is 0 Å². The monoisotopic (exact) mass is 367 g/mol. The quantitative estimate of drug-likeness (QED) is 0.722. The largest absolute Gasteiger partial charge is 0.497 e. The standard InChI is InChI=1S/C20H21N3O4/c1-13-10-17(22-23(13)15-6-5-7-16(12-15)25-2)20(24)21-14-8-9-18(26-3)19(11-14)27-4/h5-12H,1-4H3,(H,21,24). The number of benzene rings is 2. The van der Waals surface area contributed by atoms with Crippen molar-refractivity contribution in [2.24, 2.45) is 0 Å². The summed E-state index contributed by atoms with van der Waals surface area (Å²) < 4.78 is 17.4. The van der Waals surface area contributed by atoms with E-state index in [0.717, 1.165) is 17.1 Å². The lowest BCUT2D eigenvalue weighted by Gasteiger charge is -2.10. The third-order valence-corrected chi connectivity index (χ3v) is 4.06. The van der Waals surface area contributed by atoms with Crippen LogP contribution in [0.5, 0.6) is 17.2 Å². The molecule has 27 heavy (non-hydrogen) atoms. The molecule has 0 radical (unpaired) electrons. The smallest absolute Gasteiger partial charge is 0.276 e. The van der Waals surface area contributed by atoms with Crippen LogP contribution in [0.25, 0.3) is 5.69 Å². The first kappa shape index (κ1) is 18.3. The van der Waals surface area contributed by atoms with Gasteiger partial charge in [-0.3, -0.25) is 4.79 Å². The van der Waals surface area contributed by atoms with Gasteiger partial charge in [-0.25, -0.2) is 4.68 Å². The molecule has 0 spiro atoms. The first-order valence-electron chi connectivity index (χ1n) is 8.30. The minimum Gasteiger partial charge on any atom is -0.497 e. The van der Waals surface area contributed by atoms with Crippen LogP contribution in [0.4, 0.5) is 5.69 Å². The highest BCUT2D eigenvalue weighted by molar-refractivity contribution is 6.03. The number of nitrogens with one attached hydrogen (secondary N) is 1. The van der Waals surface area contributed by atoms with E-state index in [9.17, 15) is 4.79 Å². The second-order valence-electron chi connectivity index (χ2n) is 5.81. The molecule has 1 aromatic heterocycles. The molecule has 0 fully saturated rings. The van der Waals surface area contributed by atoms with Crippen LogP contribution in [0.2, 0.25) is 0 Å². The highest BCUT2D eigenvalue weighted by atomic mass is 16.5. The lowest BCUT2D eigenvalue weighted by Crippen LogP contribution is -2.13. The molecule has 0 saturated carbocycles. The van der Waals surface area contributed by atoms with Gasteiger partial charge in [0.15, 0.2) is 17.2 Å². The van der Waals surface area contributed by atoms with Gasteiger partial charge < -0.3 is 19.5 Å². The zero-order chi connectivity index (χ0) is 19.4.